The molecule has 2 N–H and O–H groups in total. The van der Waals surface area contributed by atoms with Gasteiger partial charge in [0.2, 0.25) is 5.91 Å². The van der Waals surface area contributed by atoms with E-state index in [4.69, 9.17) is 4.74 Å². The largest absolute Gasteiger partial charge is 0.452 e. The van der Waals surface area contributed by atoms with Gasteiger partial charge in [-0.2, -0.15) is 0 Å². The highest BCUT2D eigenvalue weighted by molar-refractivity contribution is 5.93. The summed E-state index contributed by atoms with van der Waals surface area (Å²) in [5.74, 6) is 1.33. The fourth-order valence-electron chi connectivity index (χ4n) is 5.70. The fourth-order valence-corrected chi connectivity index (χ4v) is 5.70. The van der Waals surface area contributed by atoms with Crippen molar-refractivity contribution in [1.29, 1.82) is 0 Å². The van der Waals surface area contributed by atoms with Gasteiger partial charge in [-0.15, -0.1) is 0 Å². The van der Waals surface area contributed by atoms with Crippen LogP contribution in [-0.4, -0.2) is 29.9 Å². The van der Waals surface area contributed by atoms with Crippen LogP contribution in [0, 0.1) is 17.8 Å². The van der Waals surface area contributed by atoms with E-state index in [-0.39, 0.29) is 24.0 Å². The monoisotopic (exact) mass is 370 g/mol. The first kappa shape index (κ1) is 18.0. The minimum atomic E-state index is -0.537. The molecule has 0 unspecified atom stereocenters. The summed E-state index contributed by atoms with van der Waals surface area (Å²) in [6, 6.07) is 6.41. The normalized spacial score (nSPS) is 30.6. The van der Waals surface area contributed by atoms with Gasteiger partial charge in [0.25, 0.3) is 5.91 Å². The van der Waals surface area contributed by atoms with Crippen LogP contribution >= 0.6 is 0 Å². The summed E-state index contributed by atoms with van der Waals surface area (Å²) in [7, 11) is 0. The molecule has 5 rings (SSSR count). The maximum atomic E-state index is 12.4. The van der Waals surface area contributed by atoms with Gasteiger partial charge in [-0.25, -0.2) is 4.79 Å². The lowest BCUT2D eigenvalue weighted by molar-refractivity contribution is -0.130. The van der Waals surface area contributed by atoms with Gasteiger partial charge in [-0.3, -0.25) is 9.59 Å². The number of rotatable bonds is 5. The van der Waals surface area contributed by atoms with E-state index in [1.54, 1.807) is 24.3 Å². The average Bonchev–Trinajstić information content (AvgIpc) is 2.58. The number of hydrogen-bond acceptors (Lipinski definition) is 4. The molecule has 0 radical (unpaired) electrons. The van der Waals surface area contributed by atoms with E-state index in [0.29, 0.717) is 11.3 Å². The minimum absolute atomic E-state index is 0.0712. The molecule has 0 spiro atoms. The van der Waals surface area contributed by atoms with Gasteiger partial charge in [-0.05, 0) is 80.5 Å². The van der Waals surface area contributed by atoms with Crippen molar-refractivity contribution in [3.8, 4) is 0 Å². The van der Waals surface area contributed by atoms with Crippen LogP contribution < -0.4 is 10.6 Å². The van der Waals surface area contributed by atoms with Crippen LogP contribution in [0.1, 0.15) is 55.8 Å². The smallest absolute Gasteiger partial charge is 0.338 e. The molecule has 0 saturated heterocycles. The Morgan fingerprint density at radius 1 is 1.00 bits per heavy atom. The Labute approximate surface area is 159 Å². The summed E-state index contributed by atoms with van der Waals surface area (Å²) in [5.41, 5.74) is 0.892. The van der Waals surface area contributed by atoms with E-state index >= 15 is 0 Å². The van der Waals surface area contributed by atoms with Crippen molar-refractivity contribution in [3.63, 3.8) is 0 Å². The van der Waals surface area contributed by atoms with Crippen LogP contribution in [0.4, 0.5) is 5.69 Å². The molecule has 4 saturated carbocycles. The molecule has 2 amide bonds. The van der Waals surface area contributed by atoms with Crippen molar-refractivity contribution in [1.82, 2.24) is 5.32 Å². The average molecular weight is 370 g/mol. The predicted octanol–water partition coefficient (Wildman–Crippen LogP) is 2.89. The Morgan fingerprint density at radius 3 is 2.07 bits per heavy atom. The molecule has 0 heterocycles. The van der Waals surface area contributed by atoms with Crippen molar-refractivity contribution < 1.29 is 19.1 Å². The van der Waals surface area contributed by atoms with Gasteiger partial charge in [0, 0.05) is 18.2 Å². The highest BCUT2D eigenvalue weighted by Crippen LogP contribution is 2.55. The second kappa shape index (κ2) is 6.98. The van der Waals surface area contributed by atoms with E-state index in [2.05, 4.69) is 10.6 Å². The summed E-state index contributed by atoms with van der Waals surface area (Å²) in [4.78, 5) is 35.6. The molecule has 0 aromatic heterocycles. The summed E-state index contributed by atoms with van der Waals surface area (Å²) < 4.78 is 5.19. The standard InChI is InChI=1S/C21H26N2O4/c1-13(24)22-18-4-2-17(3-5-18)20(26)27-12-19(25)23-21-9-14-6-15(10-21)8-16(7-14)11-21/h2-5,14-16H,6-12H2,1H3,(H,22,24)(H,23,25). The van der Waals surface area contributed by atoms with Crippen LogP contribution in [0.5, 0.6) is 0 Å². The third-order valence-corrected chi connectivity index (χ3v) is 6.22. The lowest BCUT2D eigenvalue weighted by Gasteiger charge is -2.56. The van der Waals surface area contributed by atoms with Crippen LogP contribution in [0.15, 0.2) is 24.3 Å². The van der Waals surface area contributed by atoms with Gasteiger partial charge < -0.3 is 15.4 Å². The van der Waals surface area contributed by atoms with E-state index in [1.165, 1.54) is 26.2 Å². The van der Waals surface area contributed by atoms with Crippen molar-refractivity contribution in [2.75, 3.05) is 11.9 Å². The highest BCUT2D eigenvalue weighted by atomic mass is 16.5. The SMILES string of the molecule is CC(=O)Nc1ccc(C(=O)OCC(=O)NC23CC4CC(CC(C4)C2)C3)cc1. The van der Waals surface area contributed by atoms with Crippen LogP contribution in [-0.2, 0) is 14.3 Å². The molecule has 1 aromatic carbocycles. The molecule has 27 heavy (non-hydrogen) atoms. The Morgan fingerprint density at radius 2 is 1.56 bits per heavy atom. The third-order valence-electron chi connectivity index (χ3n) is 6.22. The van der Waals surface area contributed by atoms with E-state index in [9.17, 15) is 14.4 Å². The van der Waals surface area contributed by atoms with Crippen molar-refractivity contribution >= 4 is 23.5 Å². The summed E-state index contributed by atoms with van der Waals surface area (Å²) in [5, 5.41) is 5.84. The van der Waals surface area contributed by atoms with Gasteiger partial charge in [0.15, 0.2) is 6.61 Å². The van der Waals surface area contributed by atoms with Crippen molar-refractivity contribution in [2.45, 2.75) is 51.0 Å². The summed E-state index contributed by atoms with van der Waals surface area (Å²) in [6.45, 7) is 1.17. The van der Waals surface area contributed by atoms with E-state index in [1.807, 2.05) is 0 Å². The van der Waals surface area contributed by atoms with Crippen LogP contribution in [0.25, 0.3) is 0 Å². The molecule has 4 fully saturated rings. The van der Waals surface area contributed by atoms with Crippen molar-refractivity contribution in [2.24, 2.45) is 17.8 Å². The van der Waals surface area contributed by atoms with E-state index < -0.39 is 5.97 Å². The van der Waals surface area contributed by atoms with Crippen LogP contribution in [0.2, 0.25) is 0 Å². The third kappa shape index (κ3) is 3.99. The Bertz CT molecular complexity index is 721. The number of carbonyl (C=O) groups is 3. The van der Waals surface area contributed by atoms with Gasteiger partial charge in [-0.1, -0.05) is 0 Å². The number of ether oxygens (including phenoxy) is 1. The molecule has 4 aliphatic carbocycles. The number of esters is 1. The molecule has 6 heteroatoms. The molecule has 0 aliphatic heterocycles. The molecule has 6 nitrogen and oxygen atoms in total. The minimum Gasteiger partial charge on any atom is -0.452 e. The van der Waals surface area contributed by atoms with Gasteiger partial charge in [0.05, 0.1) is 5.56 Å². The molecule has 1 aromatic rings. The van der Waals surface area contributed by atoms with Gasteiger partial charge >= 0.3 is 5.97 Å². The second-order valence-electron chi connectivity index (χ2n) is 8.58. The zero-order valence-corrected chi connectivity index (χ0v) is 15.6. The second-order valence-corrected chi connectivity index (χ2v) is 8.58. The quantitative estimate of drug-likeness (QED) is 0.781. The number of carbonyl (C=O) groups excluding carboxylic acids is 3. The molecule has 0 atom stereocenters. The Hall–Kier alpha value is -2.37. The van der Waals surface area contributed by atoms with E-state index in [0.717, 1.165) is 37.0 Å². The summed E-state index contributed by atoms with van der Waals surface area (Å²) >= 11 is 0. The lowest BCUT2D eigenvalue weighted by Crippen LogP contribution is -2.60. The Balaban J connectivity index is 1.29. The zero-order valence-electron chi connectivity index (χ0n) is 15.6. The molecule has 4 bridgehead atoms. The fraction of sp³-hybridized carbons (Fsp3) is 0.571. The van der Waals surface area contributed by atoms with Crippen molar-refractivity contribution in [3.05, 3.63) is 29.8 Å². The number of anilines is 1. The molecule has 144 valence electrons. The zero-order chi connectivity index (χ0) is 19.0. The first-order valence-corrected chi connectivity index (χ1v) is 9.76. The predicted molar refractivity (Wildman–Crippen MR) is 100 cm³/mol. The van der Waals surface area contributed by atoms with Gasteiger partial charge in [0.1, 0.15) is 0 Å². The number of nitrogens with one attached hydrogen (secondary N) is 2. The Kier molecular flexibility index (Phi) is 4.66. The maximum absolute atomic E-state index is 12.4. The number of hydrogen-bond donors (Lipinski definition) is 2. The summed E-state index contributed by atoms with van der Waals surface area (Å²) in [6.07, 6.45) is 7.17. The van der Waals surface area contributed by atoms with Crippen LogP contribution in [0.3, 0.4) is 0 Å². The highest BCUT2D eigenvalue weighted by Gasteiger charge is 2.51. The molecular formula is C21H26N2O4. The molecular weight excluding hydrogens is 344 g/mol. The first-order chi connectivity index (χ1) is 12.9. The first-order valence-electron chi connectivity index (χ1n) is 9.76. The molecule has 4 aliphatic rings. The maximum Gasteiger partial charge on any atom is 0.338 e. The number of amides is 2. The topological polar surface area (TPSA) is 84.5 Å². The lowest BCUT2D eigenvalue weighted by atomic mass is 9.53. The number of benzene rings is 1.